The van der Waals surface area contributed by atoms with Crippen molar-refractivity contribution in [3.8, 4) is 0 Å². The highest BCUT2D eigenvalue weighted by atomic mass is 32.1. The number of hydrogen-bond acceptors (Lipinski definition) is 2. The molecule has 1 heterocycles. The summed E-state index contributed by atoms with van der Waals surface area (Å²) in [5.41, 5.74) is 3.95. The van der Waals surface area contributed by atoms with Gasteiger partial charge in [-0.15, -0.1) is 11.3 Å². The maximum absolute atomic E-state index is 3.56. The molecule has 0 saturated heterocycles. The molecule has 18 heavy (non-hydrogen) atoms. The van der Waals surface area contributed by atoms with Crippen molar-refractivity contribution in [2.75, 3.05) is 0 Å². The number of hydrogen-bond donors (Lipinski definition) is 1. The third-order valence-corrected chi connectivity index (χ3v) is 5.31. The summed E-state index contributed by atoms with van der Waals surface area (Å²) in [6.45, 7) is 15.1. The van der Waals surface area contributed by atoms with Gasteiger partial charge in [-0.2, -0.15) is 0 Å². The second kappa shape index (κ2) is 4.64. The third-order valence-electron chi connectivity index (χ3n) is 3.87. The van der Waals surface area contributed by atoms with Crippen LogP contribution in [-0.2, 0) is 18.4 Å². The van der Waals surface area contributed by atoms with E-state index in [-0.39, 0.29) is 0 Å². The Balaban J connectivity index is 2.30. The number of nitrogens with one attached hydrogen (secondary N) is 1. The fourth-order valence-corrected chi connectivity index (χ4v) is 4.68. The first-order valence-corrected chi connectivity index (χ1v) is 7.92. The maximum Gasteiger partial charge on any atom is 0.0218 e. The molecule has 0 atom stereocenters. The van der Waals surface area contributed by atoms with E-state index in [2.05, 4.69) is 52.2 Å². The minimum absolute atomic E-state index is 0.345. The maximum atomic E-state index is 3.56. The van der Waals surface area contributed by atoms with Crippen LogP contribution in [0.1, 0.15) is 64.0 Å². The average Bonchev–Trinajstić information content (AvgIpc) is 2.55. The van der Waals surface area contributed by atoms with E-state index in [1.54, 1.807) is 10.4 Å². The van der Waals surface area contributed by atoms with Gasteiger partial charge in [0, 0.05) is 17.5 Å². The van der Waals surface area contributed by atoms with Crippen LogP contribution in [0.4, 0.5) is 0 Å². The highest BCUT2D eigenvalue weighted by Crippen LogP contribution is 2.49. The molecule has 0 bridgehead atoms. The Labute approximate surface area is 116 Å². The lowest BCUT2D eigenvalue weighted by Gasteiger charge is -2.41. The van der Waals surface area contributed by atoms with Gasteiger partial charge in [0.25, 0.3) is 0 Å². The topological polar surface area (TPSA) is 12.0 Å². The quantitative estimate of drug-likeness (QED) is 0.848. The fraction of sp³-hybridized carbons (Fsp3) is 0.750. The monoisotopic (exact) mass is 265 g/mol. The SMILES string of the molecule is CC(C)NCc1csc2c1CC(C)(C)CC2(C)C. The van der Waals surface area contributed by atoms with Crippen LogP contribution in [0.2, 0.25) is 0 Å². The van der Waals surface area contributed by atoms with Crippen molar-refractivity contribution in [3.05, 3.63) is 21.4 Å². The van der Waals surface area contributed by atoms with Crippen LogP contribution in [0, 0.1) is 5.41 Å². The zero-order chi connectivity index (χ0) is 13.6. The molecule has 0 amide bonds. The molecule has 0 fully saturated rings. The lowest BCUT2D eigenvalue weighted by Crippen LogP contribution is -2.34. The lowest BCUT2D eigenvalue weighted by atomic mass is 9.65. The molecule has 1 nitrogen and oxygen atoms in total. The Hall–Kier alpha value is -0.340. The molecule has 0 aromatic carbocycles. The molecule has 0 aliphatic heterocycles. The number of fused-ring (bicyclic) bond motifs is 1. The summed E-state index contributed by atoms with van der Waals surface area (Å²) in [5.74, 6) is 0. The van der Waals surface area contributed by atoms with Crippen LogP contribution in [0.25, 0.3) is 0 Å². The third kappa shape index (κ3) is 2.80. The Bertz CT molecular complexity index is 426. The van der Waals surface area contributed by atoms with Gasteiger partial charge in [0.1, 0.15) is 0 Å². The Morgan fingerprint density at radius 3 is 2.56 bits per heavy atom. The van der Waals surface area contributed by atoms with Crippen molar-refractivity contribution < 1.29 is 0 Å². The van der Waals surface area contributed by atoms with Gasteiger partial charge in [-0.25, -0.2) is 0 Å². The van der Waals surface area contributed by atoms with Crippen molar-refractivity contribution >= 4 is 11.3 Å². The predicted molar refractivity (Wildman–Crippen MR) is 81.4 cm³/mol. The van der Waals surface area contributed by atoms with Crippen molar-refractivity contribution in [1.82, 2.24) is 5.32 Å². The molecule has 102 valence electrons. The van der Waals surface area contributed by atoms with Gasteiger partial charge in [-0.05, 0) is 40.2 Å². The fourth-order valence-electron chi connectivity index (χ4n) is 3.46. The molecule has 2 heteroatoms. The van der Waals surface area contributed by atoms with Crippen LogP contribution >= 0.6 is 11.3 Å². The Kier molecular flexibility index (Phi) is 3.63. The van der Waals surface area contributed by atoms with Crippen LogP contribution in [0.15, 0.2) is 5.38 Å². The molecule has 1 aliphatic rings. The molecule has 2 rings (SSSR count). The molecule has 1 aromatic heterocycles. The molecular formula is C16H27NS. The summed E-state index contributed by atoms with van der Waals surface area (Å²) in [6, 6.07) is 0.560. The first-order valence-electron chi connectivity index (χ1n) is 7.04. The van der Waals surface area contributed by atoms with Gasteiger partial charge in [-0.1, -0.05) is 41.5 Å². The molecule has 0 saturated carbocycles. The van der Waals surface area contributed by atoms with Gasteiger partial charge in [0.15, 0.2) is 0 Å². The van der Waals surface area contributed by atoms with E-state index in [1.807, 2.05) is 11.3 Å². The number of thiophene rings is 1. The Morgan fingerprint density at radius 2 is 1.94 bits per heavy atom. The van der Waals surface area contributed by atoms with E-state index in [4.69, 9.17) is 0 Å². The van der Waals surface area contributed by atoms with Crippen molar-refractivity contribution in [3.63, 3.8) is 0 Å². The minimum Gasteiger partial charge on any atom is -0.310 e. The molecule has 0 radical (unpaired) electrons. The van der Waals surface area contributed by atoms with E-state index in [1.165, 1.54) is 18.4 Å². The van der Waals surface area contributed by atoms with Crippen LogP contribution in [0.5, 0.6) is 0 Å². The van der Waals surface area contributed by atoms with Crippen molar-refractivity contribution in [1.29, 1.82) is 0 Å². The molecule has 1 aliphatic carbocycles. The van der Waals surface area contributed by atoms with E-state index < -0.39 is 0 Å². The predicted octanol–water partition coefficient (Wildman–Crippen LogP) is 4.50. The lowest BCUT2D eigenvalue weighted by molar-refractivity contribution is 0.234. The van der Waals surface area contributed by atoms with Crippen LogP contribution in [0.3, 0.4) is 0 Å². The number of rotatable bonds is 3. The van der Waals surface area contributed by atoms with Gasteiger partial charge < -0.3 is 5.32 Å². The first-order chi connectivity index (χ1) is 8.21. The van der Waals surface area contributed by atoms with Crippen molar-refractivity contribution in [2.45, 2.75) is 72.4 Å². The molecular weight excluding hydrogens is 238 g/mol. The summed E-state index contributed by atoms with van der Waals surface area (Å²) in [6.07, 6.45) is 2.54. The van der Waals surface area contributed by atoms with E-state index in [0.29, 0.717) is 16.9 Å². The standard InChI is InChI=1S/C16H27NS/c1-11(2)17-8-12-9-18-14-13(12)7-15(3,4)10-16(14,5)6/h9,11,17H,7-8,10H2,1-6H3. The summed E-state index contributed by atoms with van der Waals surface area (Å²) in [7, 11) is 0. The van der Waals surface area contributed by atoms with Gasteiger partial charge in [-0.3, -0.25) is 0 Å². The second-order valence-electron chi connectivity index (χ2n) is 7.51. The summed E-state index contributed by atoms with van der Waals surface area (Å²) in [4.78, 5) is 1.63. The minimum atomic E-state index is 0.345. The molecule has 1 N–H and O–H groups in total. The van der Waals surface area contributed by atoms with Gasteiger partial charge in [0.2, 0.25) is 0 Å². The van der Waals surface area contributed by atoms with Crippen LogP contribution < -0.4 is 5.32 Å². The molecule has 0 spiro atoms. The summed E-state index contributed by atoms with van der Waals surface area (Å²) in [5, 5.41) is 5.94. The second-order valence-corrected chi connectivity index (χ2v) is 8.39. The zero-order valence-corrected chi connectivity index (χ0v) is 13.5. The first kappa shape index (κ1) is 14.1. The average molecular weight is 265 g/mol. The highest BCUT2D eigenvalue weighted by Gasteiger charge is 2.39. The van der Waals surface area contributed by atoms with Gasteiger partial charge in [0.05, 0.1) is 0 Å². The van der Waals surface area contributed by atoms with Gasteiger partial charge >= 0.3 is 0 Å². The normalized spacial score (nSPS) is 21.1. The zero-order valence-electron chi connectivity index (χ0n) is 12.7. The largest absolute Gasteiger partial charge is 0.310 e. The summed E-state index contributed by atoms with van der Waals surface area (Å²) < 4.78 is 0. The van der Waals surface area contributed by atoms with E-state index in [0.717, 1.165) is 6.54 Å². The van der Waals surface area contributed by atoms with E-state index >= 15 is 0 Å². The highest BCUT2D eigenvalue weighted by molar-refractivity contribution is 7.10. The molecule has 0 unspecified atom stereocenters. The van der Waals surface area contributed by atoms with E-state index in [9.17, 15) is 0 Å². The van der Waals surface area contributed by atoms with Crippen LogP contribution in [-0.4, -0.2) is 6.04 Å². The Morgan fingerprint density at radius 1 is 1.28 bits per heavy atom. The smallest absolute Gasteiger partial charge is 0.0218 e. The summed E-state index contributed by atoms with van der Waals surface area (Å²) >= 11 is 1.97. The molecule has 1 aromatic rings. The van der Waals surface area contributed by atoms with Crippen molar-refractivity contribution in [2.24, 2.45) is 5.41 Å².